The lowest BCUT2D eigenvalue weighted by Gasteiger charge is -2.18. The minimum Gasteiger partial charge on any atom is -0.391 e. The molecule has 0 saturated heterocycles. The number of esters is 2. The summed E-state index contributed by atoms with van der Waals surface area (Å²) in [6.45, 7) is 18.0. The molecule has 0 aromatic rings. The third-order valence-corrected chi connectivity index (χ3v) is 2.89. The summed E-state index contributed by atoms with van der Waals surface area (Å²) in [5, 5.41) is 0. The number of hydrogen-bond donors (Lipinski definition) is 0. The lowest BCUT2D eigenvalue weighted by Crippen LogP contribution is -2.35. The molecule has 0 aliphatic rings. The quantitative estimate of drug-likeness (QED) is 0.371. The molecule has 122 valence electrons. The van der Waals surface area contributed by atoms with Gasteiger partial charge in [-0.25, -0.2) is 0 Å². The Hall–Kier alpha value is -1.46. The average molecular weight is 298 g/mol. The molecule has 5 nitrogen and oxygen atoms in total. The molecule has 0 saturated carbocycles. The van der Waals surface area contributed by atoms with E-state index in [1.807, 2.05) is 37.5 Å². The number of nitrogens with zero attached hydrogens (tertiary/aromatic N) is 2. The fourth-order valence-electron chi connectivity index (χ4n) is 1.45. The third-order valence-electron chi connectivity index (χ3n) is 2.89. The number of allylic oxidation sites excluding steroid dienone is 2. The summed E-state index contributed by atoms with van der Waals surface area (Å²) in [5.74, 6) is -0.934. The summed E-state index contributed by atoms with van der Waals surface area (Å²) < 4.78 is 4.76. The Morgan fingerprint density at radius 1 is 0.810 bits per heavy atom. The second-order valence-electron chi connectivity index (χ2n) is 4.24. The van der Waals surface area contributed by atoms with Gasteiger partial charge in [0, 0.05) is 0 Å². The molecule has 0 aromatic carbocycles. The van der Waals surface area contributed by atoms with E-state index in [0.29, 0.717) is 0 Å². The first-order valence-electron chi connectivity index (χ1n) is 7.40. The van der Waals surface area contributed by atoms with Gasteiger partial charge in [-0.1, -0.05) is 53.0 Å². The Bertz CT molecular complexity index is 279. The number of carbonyl (C=O) groups excluding carboxylic acids is 2. The highest BCUT2D eigenvalue weighted by atomic mass is 16.6. The van der Waals surface area contributed by atoms with Gasteiger partial charge < -0.3 is 4.74 Å². The van der Waals surface area contributed by atoms with Crippen LogP contribution in [0.25, 0.3) is 0 Å². The minimum absolute atomic E-state index is 0.178. The van der Waals surface area contributed by atoms with Crippen molar-refractivity contribution in [2.24, 2.45) is 0 Å². The highest BCUT2D eigenvalue weighted by Crippen LogP contribution is 1.93. The Labute approximate surface area is 129 Å². The van der Waals surface area contributed by atoms with Gasteiger partial charge in [0.05, 0.1) is 13.1 Å². The van der Waals surface area contributed by atoms with E-state index in [4.69, 9.17) is 4.74 Å². The molecule has 0 radical (unpaired) electrons. The van der Waals surface area contributed by atoms with E-state index in [9.17, 15) is 9.59 Å². The van der Waals surface area contributed by atoms with Gasteiger partial charge in [0.2, 0.25) is 0 Å². The first-order chi connectivity index (χ1) is 9.98. The van der Waals surface area contributed by atoms with Crippen LogP contribution in [0.15, 0.2) is 25.3 Å². The Kier molecular flexibility index (Phi) is 15.5. The average Bonchev–Trinajstić information content (AvgIpc) is 2.50. The molecule has 0 aliphatic heterocycles. The molecule has 0 N–H and O–H groups in total. The van der Waals surface area contributed by atoms with Crippen molar-refractivity contribution in [2.75, 3.05) is 39.3 Å². The number of ether oxygens (including phenoxy) is 1. The first kappa shape index (κ1) is 21.8. The zero-order valence-corrected chi connectivity index (χ0v) is 13.9. The molecular weight excluding hydrogens is 268 g/mol. The fraction of sp³-hybridized carbons (Fsp3) is 0.625. The molecule has 0 aromatic heterocycles. The van der Waals surface area contributed by atoms with Crippen LogP contribution in [-0.4, -0.2) is 61.0 Å². The molecule has 0 spiro atoms. The van der Waals surface area contributed by atoms with Crippen molar-refractivity contribution in [1.29, 1.82) is 0 Å². The maximum atomic E-state index is 11.4. The largest absolute Gasteiger partial charge is 0.391 e. The maximum Gasteiger partial charge on any atom is 0.327 e. The molecule has 0 bridgehead atoms. The van der Waals surface area contributed by atoms with Gasteiger partial charge >= 0.3 is 11.9 Å². The van der Waals surface area contributed by atoms with Gasteiger partial charge in [-0.05, 0) is 26.2 Å². The minimum atomic E-state index is -0.467. The Morgan fingerprint density at radius 3 is 1.29 bits per heavy atom. The highest BCUT2D eigenvalue weighted by molar-refractivity contribution is 5.87. The van der Waals surface area contributed by atoms with Crippen molar-refractivity contribution >= 4 is 11.9 Å². The Morgan fingerprint density at radius 2 is 1.10 bits per heavy atom. The van der Waals surface area contributed by atoms with Crippen LogP contribution in [0, 0.1) is 0 Å². The summed E-state index contributed by atoms with van der Waals surface area (Å²) in [7, 11) is 0. The van der Waals surface area contributed by atoms with Crippen molar-refractivity contribution in [3.05, 3.63) is 25.3 Å². The molecule has 0 heterocycles. The summed E-state index contributed by atoms with van der Waals surface area (Å²) in [6.07, 6.45) is 3.28. The van der Waals surface area contributed by atoms with Crippen LogP contribution in [0.5, 0.6) is 0 Å². The van der Waals surface area contributed by atoms with Crippen LogP contribution < -0.4 is 0 Å². The van der Waals surface area contributed by atoms with Crippen molar-refractivity contribution in [3.8, 4) is 0 Å². The van der Waals surface area contributed by atoms with E-state index < -0.39 is 11.9 Å². The molecule has 0 unspecified atom stereocenters. The predicted molar refractivity (Wildman–Crippen MR) is 87.1 cm³/mol. The van der Waals surface area contributed by atoms with Crippen LogP contribution in [0.4, 0.5) is 0 Å². The summed E-state index contributed by atoms with van der Waals surface area (Å²) in [5.41, 5.74) is 0. The van der Waals surface area contributed by atoms with Crippen LogP contribution in [0.1, 0.15) is 27.7 Å². The van der Waals surface area contributed by atoms with E-state index in [1.54, 1.807) is 12.2 Å². The SMILES string of the molecule is C=CC=C.CCN(CC)CC(=O)OC(=O)CN(CC)CC. The highest BCUT2D eigenvalue weighted by Gasteiger charge is 2.15. The molecule has 0 fully saturated rings. The second kappa shape index (κ2) is 14.9. The van der Waals surface area contributed by atoms with Gasteiger partial charge in [-0.3, -0.25) is 19.4 Å². The second-order valence-corrected chi connectivity index (χ2v) is 4.24. The lowest BCUT2D eigenvalue weighted by molar-refractivity contribution is -0.161. The standard InChI is InChI=1S/C12H24N2O3.C4H6/c1-5-13(6-2)9-11(15)17-12(16)10-14(7-3)8-4;1-3-4-2/h5-10H2,1-4H3;3-4H,1-2H2. The number of rotatable bonds is 9. The fourth-order valence-corrected chi connectivity index (χ4v) is 1.45. The summed E-state index contributed by atoms with van der Waals surface area (Å²) in [4.78, 5) is 26.7. The maximum absolute atomic E-state index is 11.4. The van der Waals surface area contributed by atoms with Gasteiger partial charge in [0.1, 0.15) is 0 Å². The molecule has 5 heteroatoms. The van der Waals surface area contributed by atoms with Crippen molar-refractivity contribution < 1.29 is 14.3 Å². The van der Waals surface area contributed by atoms with Crippen molar-refractivity contribution in [1.82, 2.24) is 9.80 Å². The normalized spacial score (nSPS) is 9.81. The Balaban J connectivity index is 0. The van der Waals surface area contributed by atoms with Crippen LogP contribution in [0.3, 0.4) is 0 Å². The van der Waals surface area contributed by atoms with E-state index in [2.05, 4.69) is 13.2 Å². The van der Waals surface area contributed by atoms with Crippen molar-refractivity contribution in [2.45, 2.75) is 27.7 Å². The molecule has 0 rings (SSSR count). The first-order valence-corrected chi connectivity index (χ1v) is 7.40. The van der Waals surface area contributed by atoms with Crippen molar-refractivity contribution in [3.63, 3.8) is 0 Å². The van der Waals surface area contributed by atoms with Crippen LogP contribution in [0.2, 0.25) is 0 Å². The van der Waals surface area contributed by atoms with Gasteiger partial charge in [0.15, 0.2) is 0 Å². The van der Waals surface area contributed by atoms with Gasteiger partial charge in [-0.15, -0.1) is 0 Å². The van der Waals surface area contributed by atoms with E-state index in [-0.39, 0.29) is 13.1 Å². The molecule has 21 heavy (non-hydrogen) atoms. The predicted octanol–water partition coefficient (Wildman–Crippen LogP) is 2.10. The number of hydrogen-bond acceptors (Lipinski definition) is 5. The summed E-state index contributed by atoms with van der Waals surface area (Å²) >= 11 is 0. The molecule has 0 aliphatic carbocycles. The van der Waals surface area contributed by atoms with E-state index >= 15 is 0 Å². The number of likely N-dealkylation sites (N-methyl/N-ethyl adjacent to an activating group) is 2. The topological polar surface area (TPSA) is 49.9 Å². The smallest absolute Gasteiger partial charge is 0.327 e. The van der Waals surface area contributed by atoms with Crippen LogP contribution in [-0.2, 0) is 14.3 Å². The zero-order valence-electron chi connectivity index (χ0n) is 13.9. The molecule has 0 amide bonds. The van der Waals surface area contributed by atoms with Gasteiger partial charge in [0.25, 0.3) is 0 Å². The lowest BCUT2D eigenvalue weighted by atomic mass is 10.4. The summed E-state index contributed by atoms with van der Waals surface area (Å²) in [6, 6.07) is 0. The van der Waals surface area contributed by atoms with E-state index in [0.717, 1.165) is 26.2 Å². The monoisotopic (exact) mass is 298 g/mol. The van der Waals surface area contributed by atoms with Gasteiger partial charge in [-0.2, -0.15) is 0 Å². The molecular formula is C16H30N2O3. The third kappa shape index (κ3) is 13.3. The van der Waals surface area contributed by atoms with Crippen LogP contribution >= 0.6 is 0 Å². The molecule has 0 atom stereocenters. The zero-order chi connectivity index (χ0) is 16.7. The number of carbonyl (C=O) groups is 2. The van der Waals surface area contributed by atoms with E-state index in [1.165, 1.54) is 0 Å².